The Bertz CT molecular complexity index is 263. The fourth-order valence-electron chi connectivity index (χ4n) is 1.71. The summed E-state index contributed by atoms with van der Waals surface area (Å²) in [6.07, 6.45) is 6.06. The third kappa shape index (κ3) is 4.06. The van der Waals surface area contributed by atoms with Crippen LogP contribution in [0.15, 0.2) is 24.5 Å². The summed E-state index contributed by atoms with van der Waals surface area (Å²) in [5, 5.41) is 3.38. The molecule has 0 saturated carbocycles. The molecule has 1 unspecified atom stereocenters. The van der Waals surface area contributed by atoms with Crippen molar-refractivity contribution in [3.8, 4) is 5.75 Å². The Labute approximate surface area is 96.7 Å². The van der Waals surface area contributed by atoms with Crippen molar-refractivity contribution in [1.82, 2.24) is 10.3 Å². The zero-order chi connectivity index (χ0) is 9.64. The molecule has 4 heteroatoms. The van der Waals surface area contributed by atoms with Crippen molar-refractivity contribution in [3.63, 3.8) is 0 Å². The summed E-state index contributed by atoms with van der Waals surface area (Å²) in [7, 11) is 0. The number of hydrogen-bond acceptors (Lipinski definition) is 3. The molecule has 3 nitrogen and oxygen atoms in total. The molecule has 1 aliphatic heterocycles. The first-order valence-corrected chi connectivity index (χ1v) is 5.19. The molecule has 1 aliphatic rings. The van der Waals surface area contributed by atoms with Crippen LogP contribution in [0.4, 0.5) is 0 Å². The number of nitrogens with one attached hydrogen (secondary N) is 1. The van der Waals surface area contributed by atoms with Gasteiger partial charge in [0.05, 0.1) is 12.8 Å². The van der Waals surface area contributed by atoms with Crippen molar-refractivity contribution in [2.45, 2.75) is 12.8 Å². The van der Waals surface area contributed by atoms with Crippen LogP contribution in [-0.4, -0.2) is 24.7 Å². The van der Waals surface area contributed by atoms with Gasteiger partial charge >= 0.3 is 0 Å². The second kappa shape index (κ2) is 6.64. The van der Waals surface area contributed by atoms with Crippen molar-refractivity contribution in [2.75, 3.05) is 19.7 Å². The van der Waals surface area contributed by atoms with Gasteiger partial charge in [-0.2, -0.15) is 0 Å². The molecule has 84 valence electrons. The smallest absolute Gasteiger partial charge is 0.137 e. The van der Waals surface area contributed by atoms with Gasteiger partial charge in [0.15, 0.2) is 0 Å². The lowest BCUT2D eigenvalue weighted by Gasteiger charge is -2.22. The maximum absolute atomic E-state index is 5.64. The van der Waals surface area contributed by atoms with Gasteiger partial charge in [0.2, 0.25) is 0 Å². The maximum Gasteiger partial charge on any atom is 0.137 e. The molecule has 0 spiro atoms. The van der Waals surface area contributed by atoms with E-state index in [-0.39, 0.29) is 12.4 Å². The molecule has 1 atom stereocenters. The zero-order valence-electron chi connectivity index (χ0n) is 8.69. The van der Waals surface area contributed by atoms with E-state index >= 15 is 0 Å². The van der Waals surface area contributed by atoms with E-state index in [4.69, 9.17) is 4.74 Å². The number of halogens is 1. The number of rotatable bonds is 3. The molecule has 0 radical (unpaired) electrons. The highest BCUT2D eigenvalue weighted by atomic mass is 35.5. The number of hydrogen-bond donors (Lipinski definition) is 1. The normalized spacial score (nSPS) is 20.4. The van der Waals surface area contributed by atoms with Crippen LogP contribution in [0.3, 0.4) is 0 Å². The summed E-state index contributed by atoms with van der Waals surface area (Å²) < 4.78 is 5.64. The van der Waals surface area contributed by atoms with Crippen LogP contribution in [-0.2, 0) is 0 Å². The van der Waals surface area contributed by atoms with Gasteiger partial charge in [0.25, 0.3) is 0 Å². The lowest BCUT2D eigenvalue weighted by atomic mass is 10.0. The Kier molecular flexibility index (Phi) is 5.43. The molecule has 0 bridgehead atoms. The van der Waals surface area contributed by atoms with Crippen LogP contribution in [0.1, 0.15) is 12.8 Å². The molecule has 1 fully saturated rings. The molecular formula is C11H17ClN2O. The Morgan fingerprint density at radius 1 is 1.53 bits per heavy atom. The van der Waals surface area contributed by atoms with Gasteiger partial charge in [-0.1, -0.05) is 0 Å². The van der Waals surface area contributed by atoms with Gasteiger partial charge in [-0.25, -0.2) is 0 Å². The van der Waals surface area contributed by atoms with Crippen molar-refractivity contribution in [2.24, 2.45) is 5.92 Å². The van der Waals surface area contributed by atoms with Crippen molar-refractivity contribution < 1.29 is 4.74 Å². The molecule has 0 aliphatic carbocycles. The average molecular weight is 229 g/mol. The minimum atomic E-state index is 0. The predicted octanol–water partition coefficient (Wildman–Crippen LogP) is 1.88. The van der Waals surface area contributed by atoms with Crippen molar-refractivity contribution in [3.05, 3.63) is 24.5 Å². The molecule has 0 amide bonds. The van der Waals surface area contributed by atoms with E-state index in [1.165, 1.54) is 12.8 Å². The van der Waals surface area contributed by atoms with E-state index in [0.29, 0.717) is 5.92 Å². The average Bonchev–Trinajstić information content (AvgIpc) is 2.29. The minimum absolute atomic E-state index is 0. The third-order valence-corrected chi connectivity index (χ3v) is 2.52. The number of pyridine rings is 1. The highest BCUT2D eigenvalue weighted by molar-refractivity contribution is 5.85. The summed E-state index contributed by atoms with van der Waals surface area (Å²) >= 11 is 0. The molecule has 1 N–H and O–H groups in total. The number of ether oxygens (including phenoxy) is 1. The molecule has 15 heavy (non-hydrogen) atoms. The summed E-state index contributed by atoms with van der Waals surface area (Å²) in [6, 6.07) is 3.84. The molecule has 1 aromatic rings. The fourth-order valence-corrected chi connectivity index (χ4v) is 1.71. The van der Waals surface area contributed by atoms with Gasteiger partial charge < -0.3 is 10.1 Å². The quantitative estimate of drug-likeness (QED) is 0.858. The molecule has 2 heterocycles. The van der Waals surface area contributed by atoms with Crippen LogP contribution in [0.25, 0.3) is 0 Å². The first-order valence-electron chi connectivity index (χ1n) is 5.19. The summed E-state index contributed by atoms with van der Waals surface area (Å²) in [4.78, 5) is 4.01. The molecular weight excluding hydrogens is 212 g/mol. The van der Waals surface area contributed by atoms with Gasteiger partial charge in [0, 0.05) is 18.7 Å². The Morgan fingerprint density at radius 3 is 3.13 bits per heavy atom. The van der Waals surface area contributed by atoms with E-state index in [2.05, 4.69) is 10.3 Å². The van der Waals surface area contributed by atoms with Crippen molar-refractivity contribution >= 4 is 12.4 Å². The largest absolute Gasteiger partial charge is 0.492 e. The standard InChI is InChI=1S/C11H16N2O.ClH/c1-3-10(7-12-5-1)9-14-11-4-2-6-13-8-11;/h2,4,6,8,10,12H,1,3,5,7,9H2;1H. The van der Waals surface area contributed by atoms with Crippen LogP contribution in [0, 0.1) is 5.92 Å². The Balaban J connectivity index is 0.00000112. The first kappa shape index (κ1) is 12.3. The van der Waals surface area contributed by atoms with E-state index in [1.54, 1.807) is 12.4 Å². The molecule has 1 saturated heterocycles. The lowest BCUT2D eigenvalue weighted by molar-refractivity contribution is 0.218. The number of aromatic nitrogens is 1. The summed E-state index contributed by atoms with van der Waals surface area (Å²) in [6.45, 7) is 3.04. The van der Waals surface area contributed by atoms with Gasteiger partial charge in [-0.3, -0.25) is 4.98 Å². The summed E-state index contributed by atoms with van der Waals surface area (Å²) in [5.74, 6) is 1.53. The molecule has 0 aromatic carbocycles. The highest BCUT2D eigenvalue weighted by Gasteiger charge is 2.13. The van der Waals surface area contributed by atoms with Crippen LogP contribution >= 0.6 is 12.4 Å². The van der Waals surface area contributed by atoms with E-state index in [9.17, 15) is 0 Å². The number of nitrogens with zero attached hydrogens (tertiary/aromatic N) is 1. The topological polar surface area (TPSA) is 34.1 Å². The zero-order valence-corrected chi connectivity index (χ0v) is 9.50. The van der Waals surface area contributed by atoms with E-state index in [1.807, 2.05) is 12.1 Å². The van der Waals surface area contributed by atoms with Gasteiger partial charge in [0.1, 0.15) is 5.75 Å². The third-order valence-electron chi connectivity index (χ3n) is 2.52. The second-order valence-corrected chi connectivity index (χ2v) is 3.71. The first-order chi connectivity index (χ1) is 6.95. The maximum atomic E-state index is 5.64. The second-order valence-electron chi connectivity index (χ2n) is 3.71. The van der Waals surface area contributed by atoms with E-state index in [0.717, 1.165) is 25.4 Å². The van der Waals surface area contributed by atoms with Gasteiger partial charge in [-0.05, 0) is 31.5 Å². The lowest BCUT2D eigenvalue weighted by Crippen LogP contribution is -2.33. The fraction of sp³-hybridized carbons (Fsp3) is 0.545. The SMILES string of the molecule is Cl.c1cncc(OCC2CCCNC2)c1. The molecule has 1 aromatic heterocycles. The molecule has 2 rings (SSSR count). The summed E-state index contributed by atoms with van der Waals surface area (Å²) in [5.41, 5.74) is 0. The van der Waals surface area contributed by atoms with Crippen LogP contribution < -0.4 is 10.1 Å². The van der Waals surface area contributed by atoms with Crippen LogP contribution in [0.5, 0.6) is 5.75 Å². The van der Waals surface area contributed by atoms with Gasteiger partial charge in [-0.15, -0.1) is 12.4 Å². The predicted molar refractivity (Wildman–Crippen MR) is 62.6 cm³/mol. The minimum Gasteiger partial charge on any atom is -0.492 e. The monoisotopic (exact) mass is 228 g/mol. The Morgan fingerprint density at radius 2 is 2.47 bits per heavy atom. The van der Waals surface area contributed by atoms with E-state index < -0.39 is 0 Å². The Hall–Kier alpha value is -0.800. The van der Waals surface area contributed by atoms with Crippen LogP contribution in [0.2, 0.25) is 0 Å². The highest BCUT2D eigenvalue weighted by Crippen LogP contribution is 2.13. The van der Waals surface area contributed by atoms with Crippen molar-refractivity contribution in [1.29, 1.82) is 0 Å². The number of piperidine rings is 1.